The topological polar surface area (TPSA) is 103 Å². The van der Waals surface area contributed by atoms with E-state index in [4.69, 9.17) is 18.9 Å². The third-order valence-corrected chi connectivity index (χ3v) is 4.28. The van der Waals surface area contributed by atoms with E-state index in [1.54, 1.807) is 6.92 Å². The molecule has 2 fully saturated rings. The molecule has 8 heteroatoms. The van der Waals surface area contributed by atoms with Gasteiger partial charge in [-0.05, 0) is 0 Å². The molecule has 8 nitrogen and oxygen atoms in total. The molecule has 1 aromatic heterocycles. The first kappa shape index (κ1) is 12.4. The first-order valence-corrected chi connectivity index (χ1v) is 6.32. The van der Waals surface area contributed by atoms with Crippen molar-refractivity contribution in [2.45, 2.75) is 44.0 Å². The van der Waals surface area contributed by atoms with Crippen molar-refractivity contribution in [2.75, 3.05) is 7.11 Å². The number of methoxy groups -OCH3 is 1. The Morgan fingerprint density at radius 3 is 2.05 bits per heavy atom. The lowest BCUT2D eigenvalue weighted by Crippen LogP contribution is -2.30. The van der Waals surface area contributed by atoms with Gasteiger partial charge in [0.25, 0.3) is 5.97 Å². The molecule has 4 rings (SSSR count). The summed E-state index contributed by atoms with van der Waals surface area (Å²) in [6.45, 7) is 1.14. The normalized spacial score (nSPS) is 41.1. The maximum atomic E-state index is 10.1. The first-order chi connectivity index (χ1) is 9.50. The van der Waals surface area contributed by atoms with Crippen molar-refractivity contribution in [3.8, 4) is 11.8 Å². The number of fused-ring (bicyclic) bond motifs is 8. The number of rotatable bonds is 2. The summed E-state index contributed by atoms with van der Waals surface area (Å²) in [6.07, 6.45) is -1.93. The summed E-state index contributed by atoms with van der Waals surface area (Å²) in [6, 6.07) is 0. The van der Waals surface area contributed by atoms with Crippen LogP contribution >= 0.6 is 0 Å². The van der Waals surface area contributed by atoms with Crippen molar-refractivity contribution in [1.29, 1.82) is 0 Å². The summed E-state index contributed by atoms with van der Waals surface area (Å²) < 4.78 is 23.3. The van der Waals surface area contributed by atoms with Gasteiger partial charge in [-0.1, -0.05) is 0 Å². The highest BCUT2D eigenvalue weighted by molar-refractivity contribution is 5.54. The molecule has 110 valence electrons. The second kappa shape index (κ2) is 3.66. The molecule has 3 aliphatic heterocycles. The van der Waals surface area contributed by atoms with Crippen molar-refractivity contribution in [1.82, 2.24) is 4.57 Å². The minimum atomic E-state index is -1.16. The second-order valence-electron chi connectivity index (χ2n) is 5.25. The van der Waals surface area contributed by atoms with Gasteiger partial charge in [-0.15, -0.1) is 0 Å². The summed E-state index contributed by atoms with van der Waals surface area (Å²) in [7, 11) is 1.48. The van der Waals surface area contributed by atoms with Crippen LogP contribution in [0.2, 0.25) is 0 Å². The molecule has 0 spiro atoms. The van der Waals surface area contributed by atoms with Gasteiger partial charge in [0, 0.05) is 14.0 Å². The molecular weight excluding hydrogens is 270 g/mol. The minimum absolute atomic E-state index is 0.208. The highest BCUT2D eigenvalue weighted by Crippen LogP contribution is 2.62. The monoisotopic (exact) mass is 285 g/mol. The van der Waals surface area contributed by atoms with Gasteiger partial charge in [0.1, 0.15) is 31.1 Å². The summed E-state index contributed by atoms with van der Waals surface area (Å²) in [5.41, 5.74) is 0.901. The Hall–Kier alpha value is -1.32. The number of hydrogen-bond acceptors (Lipinski definition) is 7. The Balaban J connectivity index is 1.79. The Bertz CT molecular complexity index is 541. The average molecular weight is 285 g/mol. The fourth-order valence-corrected chi connectivity index (χ4v) is 3.33. The zero-order valence-electron chi connectivity index (χ0n) is 10.9. The van der Waals surface area contributed by atoms with Crippen LogP contribution < -0.4 is 0 Å². The lowest BCUT2D eigenvalue weighted by molar-refractivity contribution is -0.331. The van der Waals surface area contributed by atoms with Crippen LogP contribution in [-0.2, 0) is 25.7 Å². The summed E-state index contributed by atoms with van der Waals surface area (Å²) in [5, 5.41) is 29.4. The first-order valence-electron chi connectivity index (χ1n) is 6.32. The van der Waals surface area contributed by atoms with Gasteiger partial charge < -0.3 is 34.3 Å². The quantitative estimate of drug-likeness (QED) is 0.707. The third kappa shape index (κ3) is 1.23. The van der Waals surface area contributed by atoms with Crippen molar-refractivity contribution in [2.24, 2.45) is 0 Å². The van der Waals surface area contributed by atoms with Crippen LogP contribution in [0.25, 0.3) is 0 Å². The maximum Gasteiger partial charge on any atom is 0.280 e. The lowest BCUT2D eigenvalue weighted by Gasteiger charge is -2.23. The third-order valence-electron chi connectivity index (χ3n) is 4.28. The Labute approximate surface area is 114 Å². The Kier molecular flexibility index (Phi) is 2.27. The molecule has 1 aromatic rings. The van der Waals surface area contributed by atoms with E-state index in [0.29, 0.717) is 11.1 Å². The number of ether oxygens (including phenoxy) is 4. The molecule has 0 radical (unpaired) electrons. The highest BCUT2D eigenvalue weighted by Gasteiger charge is 2.64. The molecule has 3 unspecified atom stereocenters. The summed E-state index contributed by atoms with van der Waals surface area (Å²) in [4.78, 5) is 0. The molecular formula is C12H15NO7. The fraction of sp³-hybridized carbons (Fsp3) is 0.667. The zero-order valence-corrected chi connectivity index (χ0v) is 10.9. The molecule has 3 N–H and O–H groups in total. The number of aliphatic hydroxyl groups excluding tert-OH is 1. The van der Waals surface area contributed by atoms with Gasteiger partial charge in [0.15, 0.2) is 0 Å². The van der Waals surface area contributed by atoms with E-state index in [1.165, 1.54) is 7.11 Å². The van der Waals surface area contributed by atoms with Crippen LogP contribution in [0.5, 0.6) is 11.8 Å². The molecule has 20 heavy (non-hydrogen) atoms. The summed E-state index contributed by atoms with van der Waals surface area (Å²) >= 11 is 0. The van der Waals surface area contributed by atoms with Gasteiger partial charge in [0.2, 0.25) is 11.8 Å². The van der Waals surface area contributed by atoms with E-state index in [9.17, 15) is 15.3 Å². The van der Waals surface area contributed by atoms with Crippen molar-refractivity contribution >= 4 is 0 Å². The average Bonchev–Trinajstić information content (AvgIpc) is 3.09. The van der Waals surface area contributed by atoms with Gasteiger partial charge in [-0.25, -0.2) is 0 Å². The van der Waals surface area contributed by atoms with Gasteiger partial charge in [0.05, 0.1) is 11.1 Å². The van der Waals surface area contributed by atoms with Gasteiger partial charge in [-0.3, -0.25) is 4.57 Å². The van der Waals surface area contributed by atoms with Crippen LogP contribution in [0.15, 0.2) is 0 Å². The van der Waals surface area contributed by atoms with Gasteiger partial charge >= 0.3 is 0 Å². The van der Waals surface area contributed by atoms with Crippen LogP contribution in [0.1, 0.15) is 30.3 Å². The number of aromatic nitrogens is 1. The van der Waals surface area contributed by atoms with Crippen molar-refractivity contribution in [3.05, 3.63) is 11.1 Å². The van der Waals surface area contributed by atoms with E-state index in [0.717, 1.165) is 4.57 Å². The van der Waals surface area contributed by atoms with Crippen molar-refractivity contribution < 1.29 is 34.3 Å². The smallest absolute Gasteiger partial charge is 0.280 e. The van der Waals surface area contributed by atoms with E-state index < -0.39 is 37.1 Å². The van der Waals surface area contributed by atoms with Crippen LogP contribution in [0.4, 0.5) is 0 Å². The maximum absolute atomic E-state index is 10.1. The predicted molar refractivity (Wildman–Crippen MR) is 61.7 cm³/mol. The number of aromatic hydroxyl groups is 2. The van der Waals surface area contributed by atoms with E-state index in [-0.39, 0.29) is 11.8 Å². The molecule has 2 saturated heterocycles. The highest BCUT2D eigenvalue weighted by atomic mass is 16.9. The van der Waals surface area contributed by atoms with Crippen LogP contribution in [0, 0.1) is 0 Å². The van der Waals surface area contributed by atoms with E-state index in [1.807, 2.05) is 0 Å². The molecule has 0 aromatic carbocycles. The largest absolute Gasteiger partial charge is 0.494 e. The molecule has 4 heterocycles. The lowest BCUT2D eigenvalue weighted by atomic mass is 9.90. The molecule has 0 saturated carbocycles. The SMILES string of the molecule is COC1(C)OC2C3O[C@@H](c4c3c(O)n(CO)c4O)[C@H]2O1. The molecule has 5 atom stereocenters. The molecule has 2 bridgehead atoms. The molecule has 0 aliphatic carbocycles. The second-order valence-corrected chi connectivity index (χ2v) is 5.25. The molecule has 3 aliphatic rings. The Morgan fingerprint density at radius 2 is 1.65 bits per heavy atom. The fourth-order valence-electron chi connectivity index (χ4n) is 3.33. The predicted octanol–water partition coefficient (Wildman–Crippen LogP) is 0.0792. The number of nitrogens with zero attached hydrogens (tertiary/aromatic N) is 1. The molecule has 0 amide bonds. The van der Waals surface area contributed by atoms with E-state index >= 15 is 0 Å². The standard InChI is InChI=1S/C12H15NO7/c1-12(17-2)19-8-6-4-5(7(18-6)9(8)20-12)11(16)13(3-14)10(4)15/h6-9,14-16H,3H2,1-2H3/t6-,7?,8+,9?,12?/m0/s1. The van der Waals surface area contributed by atoms with Crippen LogP contribution in [0.3, 0.4) is 0 Å². The van der Waals surface area contributed by atoms with E-state index in [2.05, 4.69) is 0 Å². The number of aliphatic hydroxyl groups is 1. The summed E-state index contributed by atoms with van der Waals surface area (Å²) in [5.74, 6) is -1.57. The zero-order chi connectivity index (χ0) is 14.2. The number of hydrogen-bond donors (Lipinski definition) is 3. The van der Waals surface area contributed by atoms with Gasteiger partial charge in [-0.2, -0.15) is 0 Å². The minimum Gasteiger partial charge on any atom is -0.494 e. The van der Waals surface area contributed by atoms with Crippen molar-refractivity contribution in [3.63, 3.8) is 0 Å². The Morgan fingerprint density at radius 1 is 1.15 bits per heavy atom. The van der Waals surface area contributed by atoms with Crippen LogP contribution in [-0.4, -0.2) is 45.2 Å².